The van der Waals surface area contributed by atoms with Crippen LogP contribution in [0.25, 0.3) is 0 Å². The third kappa shape index (κ3) is 23.5. The quantitative estimate of drug-likeness (QED) is 0.409. The van der Waals surface area contributed by atoms with E-state index in [4.69, 9.17) is 0 Å². The second-order valence-corrected chi connectivity index (χ2v) is 0. The Balaban J connectivity index is 0. The fraction of sp³-hybridized carbons (Fsp3) is 0. The molecule has 0 aromatic rings. The Morgan fingerprint density at radius 2 is 0.800 bits per heavy atom. The van der Waals surface area contributed by atoms with Gasteiger partial charge in [0.2, 0.25) is 0 Å². The van der Waals surface area contributed by atoms with Crippen molar-refractivity contribution in [2.45, 2.75) is 0 Å². The Hall–Kier alpha value is 2.07. The molecule has 0 rings (SSSR count). The van der Waals surface area contributed by atoms with Gasteiger partial charge in [-0.25, -0.2) is 0 Å². The SMILES string of the molecule is O.O.[GaH3].[SnH2].[Ti]. The molecular weight excluding hydrogens is 268 g/mol. The first kappa shape index (κ1) is 60.8. The van der Waals surface area contributed by atoms with Crippen molar-refractivity contribution in [1.82, 2.24) is 0 Å². The Morgan fingerprint density at radius 1 is 0.800 bits per heavy atom. The third-order valence-corrected chi connectivity index (χ3v) is 0. The molecule has 0 amide bonds. The second-order valence-electron chi connectivity index (χ2n) is 0. The standard InChI is InChI=1S/Ga.2H2O.Sn.Ti.5H/h;2*1H2;;;;;;;. The molecule has 0 bridgehead atoms. The minimum absolute atomic E-state index is 0. The molecule has 0 saturated carbocycles. The van der Waals surface area contributed by atoms with Crippen LogP contribution >= 0.6 is 0 Å². The van der Waals surface area contributed by atoms with Crippen LogP contribution in [-0.4, -0.2) is 54.7 Å². The van der Waals surface area contributed by atoms with Gasteiger partial charge in [0.05, 0.1) is 0 Å². The van der Waals surface area contributed by atoms with Gasteiger partial charge in [0.25, 0.3) is 0 Å². The van der Waals surface area contributed by atoms with Gasteiger partial charge in [-0.3, -0.25) is 0 Å². The Kier molecular flexibility index (Phi) is 443. The molecule has 0 aliphatic rings. The fourth-order valence-corrected chi connectivity index (χ4v) is 0. The summed E-state index contributed by atoms with van der Waals surface area (Å²) in [6.07, 6.45) is 0. The summed E-state index contributed by atoms with van der Waals surface area (Å²) >= 11 is 0. The molecule has 0 aromatic heterocycles. The van der Waals surface area contributed by atoms with Gasteiger partial charge in [0.1, 0.15) is 0 Å². The predicted octanol–water partition coefficient (Wildman–Crippen LogP) is -3.75. The van der Waals surface area contributed by atoms with Gasteiger partial charge in [-0.15, -0.1) is 0 Å². The van der Waals surface area contributed by atoms with Crippen molar-refractivity contribution in [2.24, 2.45) is 0 Å². The molecule has 0 heterocycles. The second kappa shape index (κ2) is 36.4. The summed E-state index contributed by atoms with van der Waals surface area (Å²) in [7, 11) is 0. The monoisotopic (exact) mass is 278 g/mol. The van der Waals surface area contributed by atoms with E-state index in [1.807, 2.05) is 0 Å². The van der Waals surface area contributed by atoms with E-state index in [2.05, 4.69) is 0 Å². The molecule has 0 aliphatic heterocycles. The summed E-state index contributed by atoms with van der Waals surface area (Å²) in [4.78, 5) is 0. The van der Waals surface area contributed by atoms with Crippen molar-refractivity contribution >= 4 is 43.7 Å². The van der Waals surface area contributed by atoms with Gasteiger partial charge in [0, 0.05) is 21.7 Å². The van der Waals surface area contributed by atoms with Crippen molar-refractivity contribution in [2.75, 3.05) is 0 Å². The zero-order valence-electron chi connectivity index (χ0n) is 2.21. The van der Waals surface area contributed by atoms with Crippen LogP contribution < -0.4 is 0 Å². The van der Waals surface area contributed by atoms with Crippen LogP contribution in [0.4, 0.5) is 0 Å². The molecule has 0 unspecified atom stereocenters. The normalized spacial score (nSPS) is 0. The fourth-order valence-electron chi connectivity index (χ4n) is 0. The van der Waals surface area contributed by atoms with Crippen LogP contribution in [-0.2, 0) is 21.7 Å². The van der Waals surface area contributed by atoms with Crippen molar-refractivity contribution in [3.05, 3.63) is 0 Å². The molecule has 0 aliphatic carbocycles. The summed E-state index contributed by atoms with van der Waals surface area (Å²) in [5.41, 5.74) is 0. The minimum atomic E-state index is 0. The smallest absolute Gasteiger partial charge is 0 e. The average molecular weight is 277 g/mol. The summed E-state index contributed by atoms with van der Waals surface area (Å²) in [5, 5.41) is 0. The first-order valence-corrected chi connectivity index (χ1v) is 0. The van der Waals surface area contributed by atoms with E-state index in [9.17, 15) is 0 Å². The van der Waals surface area contributed by atoms with Crippen molar-refractivity contribution in [3.8, 4) is 0 Å². The van der Waals surface area contributed by atoms with Crippen molar-refractivity contribution in [1.29, 1.82) is 0 Å². The predicted molar refractivity (Wildman–Crippen MR) is 25.7 cm³/mol. The van der Waals surface area contributed by atoms with Crippen LogP contribution in [0.15, 0.2) is 0 Å². The van der Waals surface area contributed by atoms with E-state index in [-0.39, 0.29) is 76.4 Å². The van der Waals surface area contributed by atoms with Gasteiger partial charge in [-0.05, 0) is 0 Å². The molecule has 0 fully saturated rings. The van der Waals surface area contributed by atoms with E-state index in [0.717, 1.165) is 0 Å². The van der Waals surface area contributed by atoms with Crippen LogP contribution in [0.3, 0.4) is 0 Å². The molecular formula is H9GaO2SnTi. The molecule has 0 spiro atoms. The van der Waals surface area contributed by atoms with Crippen LogP contribution in [0.1, 0.15) is 0 Å². The first-order valence-electron chi connectivity index (χ1n) is 0. The molecule has 0 aromatic carbocycles. The Labute approximate surface area is 75.6 Å². The van der Waals surface area contributed by atoms with E-state index in [1.54, 1.807) is 0 Å². The zero-order chi connectivity index (χ0) is 0. The maximum absolute atomic E-state index is 0. The third-order valence-electron chi connectivity index (χ3n) is 0. The summed E-state index contributed by atoms with van der Waals surface area (Å²) < 4.78 is 0. The van der Waals surface area contributed by atoms with Crippen LogP contribution in [0.2, 0.25) is 0 Å². The van der Waals surface area contributed by atoms with Crippen LogP contribution in [0, 0.1) is 0 Å². The van der Waals surface area contributed by atoms with Gasteiger partial charge < -0.3 is 11.0 Å². The topological polar surface area (TPSA) is 63.0 Å². The van der Waals surface area contributed by atoms with Crippen molar-refractivity contribution < 1.29 is 32.7 Å². The first-order chi connectivity index (χ1) is 0. The molecule has 0 saturated heterocycles. The largest absolute Gasteiger partial charge is 0 e. The molecule has 2 radical (unpaired) electrons. The maximum Gasteiger partial charge on any atom is 0 e. The maximum atomic E-state index is 0. The summed E-state index contributed by atoms with van der Waals surface area (Å²) in [5.74, 6) is 0. The Bertz CT molecular complexity index is 9.61. The average Bonchev–Trinajstić information content (AvgIpc) is 0. The Morgan fingerprint density at radius 3 is 0.800 bits per heavy atom. The number of hydrogen-bond donors (Lipinski definition) is 0. The number of hydrogen-bond acceptors (Lipinski definition) is 0. The molecule has 32 valence electrons. The van der Waals surface area contributed by atoms with Gasteiger partial charge >= 0.3 is 43.7 Å². The molecule has 5 heteroatoms. The van der Waals surface area contributed by atoms with Gasteiger partial charge in [0.15, 0.2) is 0 Å². The zero-order valence-corrected chi connectivity index (χ0v) is 7.80. The summed E-state index contributed by atoms with van der Waals surface area (Å²) in [6, 6.07) is 0. The molecule has 4 N–H and O–H groups in total. The molecule has 0 atom stereocenters. The molecule has 2 nitrogen and oxygen atoms in total. The van der Waals surface area contributed by atoms with E-state index < -0.39 is 0 Å². The van der Waals surface area contributed by atoms with E-state index >= 15 is 0 Å². The number of rotatable bonds is 0. The van der Waals surface area contributed by atoms with E-state index in [0.29, 0.717) is 0 Å². The van der Waals surface area contributed by atoms with Gasteiger partial charge in [-0.1, -0.05) is 0 Å². The van der Waals surface area contributed by atoms with Crippen LogP contribution in [0.5, 0.6) is 0 Å². The van der Waals surface area contributed by atoms with E-state index in [1.165, 1.54) is 0 Å². The minimum Gasteiger partial charge on any atom is 0 e. The molecule has 5 heavy (non-hydrogen) atoms. The summed E-state index contributed by atoms with van der Waals surface area (Å²) in [6.45, 7) is 0. The van der Waals surface area contributed by atoms with Crippen molar-refractivity contribution in [3.63, 3.8) is 0 Å². The van der Waals surface area contributed by atoms with Gasteiger partial charge in [-0.2, -0.15) is 0 Å².